The lowest BCUT2D eigenvalue weighted by atomic mass is 10.0. The van der Waals surface area contributed by atoms with Crippen LogP contribution in [0.15, 0.2) is 12.3 Å². The van der Waals surface area contributed by atoms with Crippen molar-refractivity contribution in [2.24, 2.45) is 5.92 Å². The van der Waals surface area contributed by atoms with Crippen molar-refractivity contribution in [3.63, 3.8) is 0 Å². The quantitative estimate of drug-likeness (QED) is 0.796. The molecule has 3 nitrogen and oxygen atoms in total. The van der Waals surface area contributed by atoms with E-state index in [-0.39, 0.29) is 5.54 Å². The molecule has 0 aliphatic carbocycles. The smallest absolute Gasteiger partial charge is 0.0819 e. The number of rotatable bonds is 4. The van der Waals surface area contributed by atoms with Crippen LogP contribution in [0.2, 0.25) is 0 Å². The molecule has 0 amide bonds. The van der Waals surface area contributed by atoms with E-state index in [1.165, 1.54) is 0 Å². The summed E-state index contributed by atoms with van der Waals surface area (Å²) in [7, 11) is 1.96. The van der Waals surface area contributed by atoms with Gasteiger partial charge in [0.2, 0.25) is 0 Å². The zero-order valence-electron chi connectivity index (χ0n) is 9.83. The summed E-state index contributed by atoms with van der Waals surface area (Å²) in [5.41, 5.74) is 1.06. The summed E-state index contributed by atoms with van der Waals surface area (Å²) in [4.78, 5) is 0. The van der Waals surface area contributed by atoms with Gasteiger partial charge < -0.3 is 5.32 Å². The first-order chi connectivity index (χ1) is 6.45. The molecule has 0 radical (unpaired) electrons. The van der Waals surface area contributed by atoms with Crippen LogP contribution in [0.25, 0.3) is 0 Å². The van der Waals surface area contributed by atoms with Gasteiger partial charge >= 0.3 is 0 Å². The summed E-state index contributed by atoms with van der Waals surface area (Å²) in [6.45, 7) is 9.65. The monoisotopic (exact) mass is 195 g/mol. The summed E-state index contributed by atoms with van der Waals surface area (Å²) in [6.07, 6.45) is 2.05. The second-order valence-electron chi connectivity index (χ2n) is 4.69. The fourth-order valence-corrected chi connectivity index (χ4v) is 1.30. The SMILES string of the molecule is CNC(C)(C)c1ccn(CC(C)C)n1. The second-order valence-corrected chi connectivity index (χ2v) is 4.69. The predicted molar refractivity (Wildman–Crippen MR) is 59.2 cm³/mol. The number of nitrogens with zero attached hydrogens (tertiary/aromatic N) is 2. The van der Waals surface area contributed by atoms with Gasteiger partial charge in [0.1, 0.15) is 0 Å². The molecule has 1 rings (SSSR count). The van der Waals surface area contributed by atoms with Gasteiger partial charge in [0.25, 0.3) is 0 Å². The average molecular weight is 195 g/mol. The molecule has 0 spiro atoms. The van der Waals surface area contributed by atoms with Gasteiger partial charge in [0.15, 0.2) is 0 Å². The maximum absolute atomic E-state index is 4.55. The summed E-state index contributed by atoms with van der Waals surface area (Å²) in [5, 5.41) is 7.80. The minimum Gasteiger partial charge on any atom is -0.310 e. The number of hydrogen-bond acceptors (Lipinski definition) is 2. The van der Waals surface area contributed by atoms with E-state index in [4.69, 9.17) is 0 Å². The highest BCUT2D eigenvalue weighted by atomic mass is 15.3. The van der Waals surface area contributed by atoms with Crippen LogP contribution in [-0.2, 0) is 12.1 Å². The molecule has 0 saturated carbocycles. The molecule has 0 atom stereocenters. The molecule has 0 unspecified atom stereocenters. The Kier molecular flexibility index (Phi) is 3.32. The molecule has 0 aromatic carbocycles. The largest absolute Gasteiger partial charge is 0.310 e. The Labute approximate surface area is 86.5 Å². The Hall–Kier alpha value is -0.830. The average Bonchev–Trinajstić information content (AvgIpc) is 2.52. The van der Waals surface area contributed by atoms with Gasteiger partial charge in [-0.25, -0.2) is 0 Å². The molecule has 0 bridgehead atoms. The van der Waals surface area contributed by atoms with Crippen molar-refractivity contribution in [1.29, 1.82) is 0 Å². The van der Waals surface area contributed by atoms with Gasteiger partial charge in [-0.05, 0) is 32.9 Å². The summed E-state index contributed by atoms with van der Waals surface area (Å²) in [6, 6.07) is 2.08. The normalized spacial score (nSPS) is 12.4. The minimum atomic E-state index is -0.0395. The predicted octanol–water partition coefficient (Wildman–Crippen LogP) is 1.99. The van der Waals surface area contributed by atoms with Crippen LogP contribution in [0.5, 0.6) is 0 Å². The Balaban J connectivity index is 2.77. The Morgan fingerprint density at radius 3 is 2.64 bits per heavy atom. The second kappa shape index (κ2) is 4.13. The molecule has 0 saturated heterocycles. The van der Waals surface area contributed by atoms with E-state index in [9.17, 15) is 0 Å². The molecule has 3 heteroatoms. The topological polar surface area (TPSA) is 29.9 Å². The summed E-state index contributed by atoms with van der Waals surface area (Å²) >= 11 is 0. The number of aromatic nitrogens is 2. The first-order valence-corrected chi connectivity index (χ1v) is 5.18. The third kappa shape index (κ3) is 2.58. The van der Waals surface area contributed by atoms with Crippen LogP contribution >= 0.6 is 0 Å². The molecule has 1 aromatic heterocycles. The van der Waals surface area contributed by atoms with Gasteiger partial charge in [-0.3, -0.25) is 4.68 Å². The Bertz CT molecular complexity index is 286. The maximum atomic E-state index is 4.55. The fraction of sp³-hybridized carbons (Fsp3) is 0.727. The molecule has 1 N–H and O–H groups in total. The maximum Gasteiger partial charge on any atom is 0.0819 e. The number of hydrogen-bond donors (Lipinski definition) is 1. The minimum absolute atomic E-state index is 0.0395. The van der Waals surface area contributed by atoms with E-state index in [2.05, 4.69) is 50.4 Å². The van der Waals surface area contributed by atoms with Gasteiger partial charge in [0, 0.05) is 12.7 Å². The van der Waals surface area contributed by atoms with Gasteiger partial charge in [0.05, 0.1) is 11.2 Å². The van der Waals surface area contributed by atoms with Crippen LogP contribution in [0.3, 0.4) is 0 Å². The third-order valence-corrected chi connectivity index (χ3v) is 2.46. The molecule has 1 aromatic rings. The zero-order chi connectivity index (χ0) is 10.8. The van der Waals surface area contributed by atoms with Crippen molar-refractivity contribution in [2.75, 3.05) is 7.05 Å². The van der Waals surface area contributed by atoms with Crippen molar-refractivity contribution >= 4 is 0 Å². The van der Waals surface area contributed by atoms with E-state index in [1.807, 2.05) is 11.7 Å². The van der Waals surface area contributed by atoms with Gasteiger partial charge in [-0.15, -0.1) is 0 Å². The van der Waals surface area contributed by atoms with E-state index in [1.54, 1.807) is 0 Å². The van der Waals surface area contributed by atoms with Crippen molar-refractivity contribution in [2.45, 2.75) is 39.8 Å². The van der Waals surface area contributed by atoms with Crippen molar-refractivity contribution in [3.8, 4) is 0 Å². The highest BCUT2D eigenvalue weighted by Crippen LogP contribution is 2.16. The van der Waals surface area contributed by atoms with E-state index >= 15 is 0 Å². The first kappa shape index (κ1) is 11.2. The third-order valence-electron chi connectivity index (χ3n) is 2.46. The Morgan fingerprint density at radius 2 is 2.14 bits per heavy atom. The fourth-order valence-electron chi connectivity index (χ4n) is 1.30. The molecule has 0 aliphatic heterocycles. The zero-order valence-corrected chi connectivity index (χ0v) is 9.83. The van der Waals surface area contributed by atoms with Crippen molar-refractivity contribution in [1.82, 2.24) is 15.1 Å². The highest BCUT2D eigenvalue weighted by molar-refractivity contribution is 5.10. The lowest BCUT2D eigenvalue weighted by molar-refractivity contribution is 0.412. The van der Waals surface area contributed by atoms with Crippen LogP contribution in [0.1, 0.15) is 33.4 Å². The molecular formula is C11H21N3. The molecule has 14 heavy (non-hydrogen) atoms. The van der Waals surface area contributed by atoms with Crippen LogP contribution in [-0.4, -0.2) is 16.8 Å². The molecule has 0 fully saturated rings. The Morgan fingerprint density at radius 1 is 1.50 bits per heavy atom. The molecular weight excluding hydrogens is 174 g/mol. The van der Waals surface area contributed by atoms with E-state index in [0.29, 0.717) is 5.92 Å². The van der Waals surface area contributed by atoms with E-state index < -0.39 is 0 Å². The van der Waals surface area contributed by atoms with Crippen LogP contribution < -0.4 is 5.32 Å². The number of nitrogens with one attached hydrogen (secondary N) is 1. The van der Waals surface area contributed by atoms with Gasteiger partial charge in [-0.1, -0.05) is 13.8 Å². The standard InChI is InChI=1S/C11H21N3/c1-9(2)8-14-7-6-10(13-14)11(3,4)12-5/h6-7,9,12H,8H2,1-5H3. The lowest BCUT2D eigenvalue weighted by Crippen LogP contribution is -2.33. The molecule has 0 aliphatic rings. The molecule has 1 heterocycles. The van der Waals surface area contributed by atoms with Crippen LogP contribution in [0, 0.1) is 5.92 Å². The summed E-state index contributed by atoms with van der Waals surface area (Å²) < 4.78 is 2.01. The molecule has 80 valence electrons. The van der Waals surface area contributed by atoms with Crippen molar-refractivity contribution in [3.05, 3.63) is 18.0 Å². The van der Waals surface area contributed by atoms with E-state index in [0.717, 1.165) is 12.2 Å². The van der Waals surface area contributed by atoms with Crippen LogP contribution in [0.4, 0.5) is 0 Å². The highest BCUT2D eigenvalue weighted by Gasteiger charge is 2.20. The first-order valence-electron chi connectivity index (χ1n) is 5.18. The van der Waals surface area contributed by atoms with Gasteiger partial charge in [-0.2, -0.15) is 5.10 Å². The lowest BCUT2D eigenvalue weighted by Gasteiger charge is -2.21. The summed E-state index contributed by atoms with van der Waals surface area (Å²) in [5.74, 6) is 0.639. The van der Waals surface area contributed by atoms with Crippen molar-refractivity contribution < 1.29 is 0 Å².